The number of nitrogens with one attached hydrogen (secondary N) is 2. The molecule has 2 fully saturated rings. The zero-order valence-corrected chi connectivity index (χ0v) is 30.0. The summed E-state index contributed by atoms with van der Waals surface area (Å²) in [6, 6.07) is 11.6. The molecule has 7 rings (SSSR count). The number of hydrogen-bond donors (Lipinski definition) is 3. The van der Waals surface area contributed by atoms with Crippen LogP contribution in [0.3, 0.4) is 0 Å². The van der Waals surface area contributed by atoms with Gasteiger partial charge in [-0.1, -0.05) is 30.2 Å². The van der Waals surface area contributed by atoms with Crippen molar-refractivity contribution in [2.45, 2.75) is 109 Å². The number of benzene rings is 2. The van der Waals surface area contributed by atoms with Crippen LogP contribution in [0.25, 0.3) is 22.3 Å². The molecule has 1 atom stereocenters. The topological polar surface area (TPSA) is 98.6 Å². The first-order chi connectivity index (χ1) is 23.3. The molecule has 1 amide bonds. The molecule has 1 saturated heterocycles. The maximum absolute atomic E-state index is 15.5. The predicted molar refractivity (Wildman–Crippen MR) is 194 cm³/mol. The lowest BCUT2D eigenvalue weighted by molar-refractivity contribution is -0.123. The Labute approximate surface area is 292 Å². The molecule has 260 valence electrons. The van der Waals surface area contributed by atoms with Crippen LogP contribution in [-0.2, 0) is 10.2 Å². The van der Waals surface area contributed by atoms with Crippen molar-refractivity contribution in [1.82, 2.24) is 24.8 Å². The second-order valence-electron chi connectivity index (χ2n) is 15.1. The normalized spacial score (nSPS) is 21.4. The average molecular weight is 688 g/mol. The highest BCUT2D eigenvalue weighted by atomic mass is 35.5. The maximum Gasteiger partial charge on any atom is 0.237 e. The van der Waals surface area contributed by atoms with Gasteiger partial charge in [0.15, 0.2) is 5.82 Å². The fourth-order valence-electron chi connectivity index (χ4n) is 7.75. The highest BCUT2D eigenvalue weighted by Gasteiger charge is 2.50. The van der Waals surface area contributed by atoms with Gasteiger partial charge in [0.05, 0.1) is 33.7 Å². The molecule has 3 N–H and O–H groups in total. The van der Waals surface area contributed by atoms with Gasteiger partial charge in [0, 0.05) is 41.0 Å². The Bertz CT molecular complexity index is 1890. The Morgan fingerprint density at radius 1 is 1.02 bits per heavy atom. The zero-order valence-electron chi connectivity index (χ0n) is 29.2. The van der Waals surface area contributed by atoms with Crippen LogP contribution < -0.4 is 15.5 Å². The van der Waals surface area contributed by atoms with Crippen molar-refractivity contribution >= 4 is 45.7 Å². The number of nitrogens with zero attached hydrogens (tertiary/aromatic N) is 5. The van der Waals surface area contributed by atoms with E-state index in [2.05, 4.69) is 41.5 Å². The second-order valence-corrected chi connectivity index (χ2v) is 15.5. The highest BCUT2D eigenvalue weighted by Crippen LogP contribution is 2.48. The number of amides is 1. The monoisotopic (exact) mass is 687 g/mol. The third kappa shape index (κ3) is 6.11. The van der Waals surface area contributed by atoms with Crippen molar-refractivity contribution in [2.75, 3.05) is 23.3 Å². The number of hydrogen-bond acceptors (Lipinski definition) is 7. The van der Waals surface area contributed by atoms with E-state index in [1.165, 1.54) is 31.4 Å². The van der Waals surface area contributed by atoms with Crippen molar-refractivity contribution in [3.63, 3.8) is 0 Å². The molecular formula is C38H47ClFN7O2. The number of fused-ring (bicyclic) bond motifs is 2. The van der Waals surface area contributed by atoms with Gasteiger partial charge in [-0.05, 0) is 110 Å². The Morgan fingerprint density at radius 3 is 2.45 bits per heavy atom. The molecule has 3 aliphatic rings. The minimum atomic E-state index is -1.08. The summed E-state index contributed by atoms with van der Waals surface area (Å²) in [5.41, 5.74) is 4.76. The largest absolute Gasteiger partial charge is 0.374 e. The smallest absolute Gasteiger partial charge is 0.237 e. The molecule has 4 heterocycles. The molecule has 1 aliphatic carbocycles. The number of halogens is 2. The van der Waals surface area contributed by atoms with Gasteiger partial charge in [0.1, 0.15) is 17.6 Å². The molecule has 11 heteroatoms. The van der Waals surface area contributed by atoms with Crippen molar-refractivity contribution in [1.29, 1.82) is 0 Å². The molecule has 49 heavy (non-hydrogen) atoms. The van der Waals surface area contributed by atoms with Crippen LogP contribution in [0.1, 0.15) is 97.0 Å². The van der Waals surface area contributed by atoms with Gasteiger partial charge in [-0.2, -0.15) is 0 Å². The molecule has 0 spiro atoms. The molecule has 0 bridgehead atoms. The minimum Gasteiger partial charge on any atom is -0.374 e. The summed E-state index contributed by atoms with van der Waals surface area (Å²) in [4.78, 5) is 28.4. The quantitative estimate of drug-likeness (QED) is 0.154. The lowest BCUT2D eigenvalue weighted by atomic mass is 9.82. The fraction of sp³-hybridized carbons (Fsp3) is 0.500. The van der Waals surface area contributed by atoms with E-state index in [4.69, 9.17) is 21.6 Å². The van der Waals surface area contributed by atoms with E-state index in [0.717, 1.165) is 48.3 Å². The zero-order chi connectivity index (χ0) is 34.8. The number of anilines is 3. The van der Waals surface area contributed by atoms with E-state index in [-0.39, 0.29) is 34.7 Å². The standard InChI is InChI=1S/C38H47ClFN7O2/c1-21(2)42-36(48)26-17-31(29(40)18-28(26)39)44-35-34-32(41-20-46(34)22(3)4)19-30(43-35)23-10-11-27-33(14-23)47(37(49)38(27,5)6)25-15-24(16-25)45-12-8-7-9-13-45/h10-11,14,17-22,24-25,36,42,48H,7-9,12-13,15-16H2,1-6H3,(H,43,44)/t24-,25+,36?. The molecule has 9 nitrogen and oxygen atoms in total. The van der Waals surface area contributed by atoms with Crippen molar-refractivity contribution in [3.8, 4) is 11.3 Å². The molecule has 1 saturated carbocycles. The van der Waals surface area contributed by atoms with Gasteiger partial charge in [-0.15, -0.1) is 0 Å². The summed E-state index contributed by atoms with van der Waals surface area (Å²) in [6.45, 7) is 14.3. The number of piperidine rings is 1. The number of aliphatic hydroxyl groups excluding tert-OH is 1. The molecule has 1 unspecified atom stereocenters. The number of carbonyl (C=O) groups is 1. The highest BCUT2D eigenvalue weighted by molar-refractivity contribution is 6.31. The van der Waals surface area contributed by atoms with E-state index in [0.29, 0.717) is 28.6 Å². The molecular weight excluding hydrogens is 641 g/mol. The number of aliphatic hydroxyl groups is 1. The number of carbonyl (C=O) groups excluding carboxylic acids is 1. The van der Waals surface area contributed by atoms with Gasteiger partial charge in [0.2, 0.25) is 5.91 Å². The third-order valence-corrected chi connectivity index (χ3v) is 10.9. The Hall–Kier alpha value is -3.57. The maximum atomic E-state index is 15.5. The van der Waals surface area contributed by atoms with E-state index in [1.807, 2.05) is 49.3 Å². The van der Waals surface area contributed by atoms with Crippen LogP contribution in [0.2, 0.25) is 5.02 Å². The van der Waals surface area contributed by atoms with E-state index in [9.17, 15) is 9.90 Å². The van der Waals surface area contributed by atoms with Crippen molar-refractivity contribution in [2.24, 2.45) is 0 Å². The van der Waals surface area contributed by atoms with Gasteiger partial charge in [-0.25, -0.2) is 14.4 Å². The first-order valence-electron chi connectivity index (χ1n) is 17.6. The summed E-state index contributed by atoms with van der Waals surface area (Å²) in [7, 11) is 0. The molecule has 0 radical (unpaired) electrons. The van der Waals surface area contributed by atoms with Crippen LogP contribution in [0, 0.1) is 5.82 Å². The lowest BCUT2D eigenvalue weighted by Crippen LogP contribution is -2.57. The van der Waals surface area contributed by atoms with Crippen LogP contribution in [-0.4, -0.2) is 61.7 Å². The lowest BCUT2D eigenvalue weighted by Gasteiger charge is -2.48. The number of pyridine rings is 1. The van der Waals surface area contributed by atoms with Crippen LogP contribution in [0.5, 0.6) is 0 Å². The Morgan fingerprint density at radius 2 is 1.76 bits per heavy atom. The van der Waals surface area contributed by atoms with E-state index < -0.39 is 17.5 Å². The summed E-state index contributed by atoms with van der Waals surface area (Å²) in [6.07, 6.45) is 6.50. The molecule has 4 aromatic rings. The summed E-state index contributed by atoms with van der Waals surface area (Å²) in [5.74, 6) is -0.000563. The first-order valence-corrected chi connectivity index (χ1v) is 18.0. The Balaban J connectivity index is 1.27. The SMILES string of the molecule is CC(C)NC(O)c1cc(Nc2nc(-c3ccc4c(c3)N([C@H]3C[C@@H](N5CCCCC5)C3)C(=O)C4(C)C)cc3ncn(C(C)C)c23)c(F)cc1Cl. The van der Waals surface area contributed by atoms with Gasteiger partial charge in [-0.3, -0.25) is 10.1 Å². The summed E-state index contributed by atoms with van der Waals surface area (Å²) in [5, 5.41) is 17.2. The second kappa shape index (κ2) is 13.0. The minimum absolute atomic E-state index is 0.0182. The third-order valence-electron chi connectivity index (χ3n) is 10.6. The van der Waals surface area contributed by atoms with Crippen molar-refractivity contribution in [3.05, 3.63) is 64.7 Å². The molecule has 2 aromatic heterocycles. The number of aromatic nitrogens is 3. The van der Waals surface area contributed by atoms with E-state index in [1.54, 1.807) is 6.33 Å². The van der Waals surface area contributed by atoms with Gasteiger partial charge >= 0.3 is 0 Å². The number of rotatable bonds is 9. The van der Waals surface area contributed by atoms with Crippen LogP contribution in [0.4, 0.5) is 21.6 Å². The molecule has 2 aliphatic heterocycles. The fourth-order valence-corrected chi connectivity index (χ4v) is 8.00. The van der Waals surface area contributed by atoms with Crippen LogP contribution in [0.15, 0.2) is 42.7 Å². The average Bonchev–Trinajstić information content (AvgIpc) is 3.55. The van der Waals surface area contributed by atoms with E-state index >= 15 is 4.39 Å². The summed E-state index contributed by atoms with van der Waals surface area (Å²) >= 11 is 6.38. The van der Waals surface area contributed by atoms with Gasteiger partial charge in [0.25, 0.3) is 0 Å². The Kier molecular flexibility index (Phi) is 8.96. The molecule has 2 aromatic carbocycles. The van der Waals surface area contributed by atoms with Crippen LogP contribution >= 0.6 is 11.6 Å². The predicted octanol–water partition coefficient (Wildman–Crippen LogP) is 7.85. The van der Waals surface area contributed by atoms with Gasteiger partial charge < -0.3 is 24.8 Å². The number of likely N-dealkylation sites (tertiary alicyclic amines) is 1. The van der Waals surface area contributed by atoms with Crippen molar-refractivity contribution < 1.29 is 14.3 Å². The summed E-state index contributed by atoms with van der Waals surface area (Å²) < 4.78 is 17.5. The number of imidazole rings is 1. The first kappa shape index (κ1) is 33.9.